The van der Waals surface area contributed by atoms with E-state index in [9.17, 15) is 0 Å². The zero-order valence-corrected chi connectivity index (χ0v) is 13.3. The molecular formula is C21H28. The Morgan fingerprint density at radius 1 is 1.00 bits per heavy atom. The summed E-state index contributed by atoms with van der Waals surface area (Å²) >= 11 is 0. The molecule has 0 heteroatoms. The minimum atomic E-state index is 0.792. The lowest BCUT2D eigenvalue weighted by molar-refractivity contribution is 0.221. The summed E-state index contributed by atoms with van der Waals surface area (Å²) in [7, 11) is 0. The van der Waals surface area contributed by atoms with Crippen molar-refractivity contribution in [1.29, 1.82) is 0 Å². The summed E-state index contributed by atoms with van der Waals surface area (Å²) in [5.74, 6) is 2.75. The Morgan fingerprint density at radius 3 is 2.38 bits per heavy atom. The van der Waals surface area contributed by atoms with Gasteiger partial charge in [0.2, 0.25) is 0 Å². The lowest BCUT2D eigenvalue weighted by Gasteiger charge is -2.33. The minimum Gasteiger partial charge on any atom is -0.0802 e. The van der Waals surface area contributed by atoms with Crippen LogP contribution in [0.4, 0.5) is 0 Å². The molecule has 1 aromatic carbocycles. The highest BCUT2D eigenvalue weighted by atomic mass is 14.3. The van der Waals surface area contributed by atoms with Gasteiger partial charge in [0.1, 0.15) is 0 Å². The second-order valence-corrected chi connectivity index (χ2v) is 6.85. The number of hydrogen-bond acceptors (Lipinski definition) is 0. The molecule has 0 aliphatic heterocycles. The molecule has 2 aliphatic rings. The molecule has 1 atom stereocenters. The van der Waals surface area contributed by atoms with Crippen LogP contribution in [0.3, 0.4) is 0 Å². The van der Waals surface area contributed by atoms with Crippen molar-refractivity contribution >= 4 is 5.57 Å². The number of rotatable bonds is 4. The third kappa shape index (κ3) is 3.67. The van der Waals surface area contributed by atoms with Gasteiger partial charge in [-0.15, -0.1) is 0 Å². The Bertz CT molecular complexity index is 486. The second-order valence-electron chi connectivity index (χ2n) is 6.85. The van der Waals surface area contributed by atoms with Crippen LogP contribution in [0, 0.1) is 17.8 Å². The quantitative estimate of drug-likeness (QED) is 0.611. The number of hydrogen-bond donors (Lipinski definition) is 0. The Balaban J connectivity index is 1.55. The van der Waals surface area contributed by atoms with Gasteiger partial charge in [0.25, 0.3) is 0 Å². The molecule has 0 bridgehead atoms. The van der Waals surface area contributed by atoms with Crippen molar-refractivity contribution in [3.8, 4) is 0 Å². The van der Waals surface area contributed by atoms with Gasteiger partial charge in [0.05, 0.1) is 0 Å². The average Bonchev–Trinajstić information content (AvgIpc) is 2.57. The van der Waals surface area contributed by atoms with E-state index in [4.69, 9.17) is 0 Å². The molecule has 0 amide bonds. The maximum Gasteiger partial charge on any atom is -0.0167 e. The molecule has 1 aromatic rings. The van der Waals surface area contributed by atoms with Gasteiger partial charge in [0.15, 0.2) is 0 Å². The Labute approximate surface area is 130 Å². The van der Waals surface area contributed by atoms with Gasteiger partial charge in [-0.3, -0.25) is 0 Å². The van der Waals surface area contributed by atoms with E-state index >= 15 is 0 Å². The van der Waals surface area contributed by atoms with Crippen LogP contribution in [0.1, 0.15) is 57.4 Å². The van der Waals surface area contributed by atoms with Gasteiger partial charge >= 0.3 is 0 Å². The van der Waals surface area contributed by atoms with E-state index in [-0.39, 0.29) is 0 Å². The van der Waals surface area contributed by atoms with E-state index in [2.05, 4.69) is 55.5 Å². The van der Waals surface area contributed by atoms with E-state index in [1.165, 1.54) is 56.1 Å². The minimum absolute atomic E-state index is 0.792. The molecule has 3 rings (SSSR count). The third-order valence-electron chi connectivity index (χ3n) is 5.43. The monoisotopic (exact) mass is 280 g/mol. The zero-order valence-electron chi connectivity index (χ0n) is 13.3. The molecule has 1 unspecified atom stereocenters. The topological polar surface area (TPSA) is 0 Å². The Hall–Kier alpha value is -1.30. The molecule has 0 spiro atoms. The van der Waals surface area contributed by atoms with Crippen LogP contribution in [-0.2, 0) is 0 Å². The Morgan fingerprint density at radius 2 is 1.76 bits per heavy atom. The fourth-order valence-corrected chi connectivity index (χ4v) is 4.14. The smallest absolute Gasteiger partial charge is 0.0167 e. The molecule has 0 nitrogen and oxygen atoms in total. The van der Waals surface area contributed by atoms with Crippen LogP contribution in [-0.4, -0.2) is 0 Å². The molecule has 0 radical (unpaired) electrons. The second kappa shape index (κ2) is 7.11. The van der Waals surface area contributed by atoms with E-state index in [0.717, 1.165) is 17.8 Å². The first-order valence-corrected chi connectivity index (χ1v) is 8.80. The lowest BCUT2D eigenvalue weighted by atomic mass is 9.72. The first-order valence-electron chi connectivity index (χ1n) is 8.80. The summed E-state index contributed by atoms with van der Waals surface area (Å²) in [6, 6.07) is 10.8. The van der Waals surface area contributed by atoms with E-state index < -0.39 is 0 Å². The van der Waals surface area contributed by atoms with Crippen molar-refractivity contribution < 1.29 is 0 Å². The van der Waals surface area contributed by atoms with Crippen LogP contribution in [0.25, 0.3) is 5.57 Å². The van der Waals surface area contributed by atoms with E-state index in [1.807, 2.05) is 0 Å². The average molecular weight is 280 g/mol. The van der Waals surface area contributed by atoms with E-state index in [0.29, 0.717) is 0 Å². The molecule has 0 aromatic heterocycles. The van der Waals surface area contributed by atoms with Crippen molar-refractivity contribution in [2.45, 2.75) is 51.9 Å². The van der Waals surface area contributed by atoms with Crippen LogP contribution in [0.2, 0.25) is 0 Å². The molecule has 0 N–H and O–H groups in total. The van der Waals surface area contributed by atoms with Gasteiger partial charge in [-0.1, -0.05) is 81.2 Å². The molecule has 1 saturated carbocycles. The van der Waals surface area contributed by atoms with Crippen molar-refractivity contribution in [2.75, 3.05) is 0 Å². The first-order chi connectivity index (χ1) is 10.4. The molecular weight excluding hydrogens is 252 g/mol. The summed E-state index contributed by atoms with van der Waals surface area (Å²) in [6.07, 6.45) is 17.2. The Kier molecular flexibility index (Phi) is 4.95. The molecule has 0 saturated heterocycles. The van der Waals surface area contributed by atoms with Gasteiger partial charge in [-0.2, -0.15) is 0 Å². The third-order valence-corrected chi connectivity index (χ3v) is 5.43. The van der Waals surface area contributed by atoms with Gasteiger partial charge in [-0.05, 0) is 48.2 Å². The largest absolute Gasteiger partial charge is 0.0802 e. The van der Waals surface area contributed by atoms with Crippen molar-refractivity contribution in [3.05, 3.63) is 54.1 Å². The lowest BCUT2D eigenvalue weighted by Crippen LogP contribution is -2.21. The van der Waals surface area contributed by atoms with E-state index in [1.54, 1.807) is 0 Å². The van der Waals surface area contributed by atoms with Gasteiger partial charge in [0, 0.05) is 0 Å². The fourth-order valence-electron chi connectivity index (χ4n) is 4.14. The highest BCUT2D eigenvalue weighted by Crippen LogP contribution is 2.39. The van der Waals surface area contributed by atoms with Crippen LogP contribution >= 0.6 is 0 Å². The fraction of sp³-hybridized carbons (Fsp3) is 0.524. The summed E-state index contributed by atoms with van der Waals surface area (Å²) in [5.41, 5.74) is 2.77. The predicted octanol–water partition coefficient (Wildman–Crippen LogP) is 6.25. The SMILES string of the molecule is CCCC1CCC(C2C=CC(c3ccccc3)=CC2)CC1. The van der Waals surface area contributed by atoms with Crippen LogP contribution in [0.15, 0.2) is 48.6 Å². The summed E-state index contributed by atoms with van der Waals surface area (Å²) < 4.78 is 0. The highest BCUT2D eigenvalue weighted by Gasteiger charge is 2.26. The molecule has 21 heavy (non-hydrogen) atoms. The molecule has 112 valence electrons. The van der Waals surface area contributed by atoms with Crippen molar-refractivity contribution in [1.82, 2.24) is 0 Å². The standard InChI is InChI=1S/C21H28/c1-2-6-17-9-11-19(12-10-17)21-15-13-20(14-16-21)18-7-4-3-5-8-18/h3-5,7-8,13-15,17,19,21H,2,6,9-12,16H2,1H3. The normalized spacial score (nSPS) is 29.2. The zero-order chi connectivity index (χ0) is 14.5. The van der Waals surface area contributed by atoms with Crippen LogP contribution < -0.4 is 0 Å². The molecule has 0 heterocycles. The summed E-state index contributed by atoms with van der Waals surface area (Å²) in [5, 5.41) is 0. The maximum atomic E-state index is 2.49. The van der Waals surface area contributed by atoms with Crippen molar-refractivity contribution in [3.63, 3.8) is 0 Å². The summed E-state index contributed by atoms with van der Waals surface area (Å²) in [6.45, 7) is 2.33. The van der Waals surface area contributed by atoms with Crippen LogP contribution in [0.5, 0.6) is 0 Å². The van der Waals surface area contributed by atoms with Gasteiger partial charge < -0.3 is 0 Å². The molecule has 1 fully saturated rings. The van der Waals surface area contributed by atoms with Gasteiger partial charge in [-0.25, -0.2) is 0 Å². The van der Waals surface area contributed by atoms with Crippen molar-refractivity contribution in [2.24, 2.45) is 17.8 Å². The number of allylic oxidation sites excluding steroid dienone is 4. The first kappa shape index (κ1) is 14.6. The summed E-state index contributed by atoms with van der Waals surface area (Å²) in [4.78, 5) is 0. The highest BCUT2D eigenvalue weighted by molar-refractivity contribution is 5.74. The molecule has 2 aliphatic carbocycles. The number of benzene rings is 1. The predicted molar refractivity (Wildman–Crippen MR) is 92.0 cm³/mol. The maximum absolute atomic E-state index is 2.49.